The number of hydrogen-bond acceptors (Lipinski definition) is 3. The molecule has 3 rings (SSSR count). The molecule has 94 valence electrons. The maximum Gasteiger partial charge on any atom is 0.0485 e. The van der Waals surface area contributed by atoms with Gasteiger partial charge in [0, 0.05) is 23.9 Å². The Morgan fingerprint density at radius 3 is 3.11 bits per heavy atom. The van der Waals surface area contributed by atoms with Crippen LogP contribution >= 0.6 is 11.3 Å². The SMILES string of the molecule is Cc1cscc1C(N)C1CCCc2cccnc21. The fourth-order valence-corrected chi connectivity index (χ4v) is 3.82. The molecular formula is C15H18N2S. The molecule has 0 aromatic carbocycles. The predicted molar refractivity (Wildman–Crippen MR) is 75.9 cm³/mol. The molecule has 0 radical (unpaired) electrons. The molecule has 2 atom stereocenters. The first-order valence-corrected chi connectivity index (χ1v) is 7.43. The summed E-state index contributed by atoms with van der Waals surface area (Å²) >= 11 is 1.74. The van der Waals surface area contributed by atoms with E-state index in [-0.39, 0.29) is 6.04 Å². The number of thiophene rings is 1. The van der Waals surface area contributed by atoms with E-state index in [1.165, 1.54) is 28.8 Å². The first kappa shape index (κ1) is 11.9. The van der Waals surface area contributed by atoms with Crippen LogP contribution in [-0.2, 0) is 6.42 Å². The number of rotatable bonds is 2. The zero-order chi connectivity index (χ0) is 12.5. The Balaban J connectivity index is 1.97. The van der Waals surface area contributed by atoms with Crippen molar-refractivity contribution in [2.75, 3.05) is 0 Å². The minimum Gasteiger partial charge on any atom is -0.323 e. The van der Waals surface area contributed by atoms with Gasteiger partial charge in [-0.25, -0.2) is 0 Å². The number of nitrogens with zero attached hydrogens (tertiary/aromatic N) is 1. The van der Waals surface area contributed by atoms with Gasteiger partial charge in [-0.2, -0.15) is 11.3 Å². The number of nitrogens with two attached hydrogens (primary N) is 1. The quantitative estimate of drug-likeness (QED) is 0.894. The summed E-state index contributed by atoms with van der Waals surface area (Å²) in [6.45, 7) is 2.15. The fraction of sp³-hybridized carbons (Fsp3) is 0.400. The van der Waals surface area contributed by atoms with Crippen LogP contribution in [0.15, 0.2) is 29.1 Å². The largest absolute Gasteiger partial charge is 0.323 e. The van der Waals surface area contributed by atoms with Gasteiger partial charge >= 0.3 is 0 Å². The minimum absolute atomic E-state index is 0.0881. The Kier molecular flexibility index (Phi) is 3.18. The van der Waals surface area contributed by atoms with Crippen molar-refractivity contribution >= 4 is 11.3 Å². The lowest BCUT2D eigenvalue weighted by Gasteiger charge is -2.29. The lowest BCUT2D eigenvalue weighted by Crippen LogP contribution is -2.24. The van der Waals surface area contributed by atoms with Crippen molar-refractivity contribution in [3.8, 4) is 0 Å². The number of fused-ring (bicyclic) bond motifs is 1. The van der Waals surface area contributed by atoms with Crippen molar-refractivity contribution in [3.05, 3.63) is 51.5 Å². The molecule has 2 heterocycles. The van der Waals surface area contributed by atoms with E-state index in [1.807, 2.05) is 12.3 Å². The van der Waals surface area contributed by atoms with Crippen LogP contribution in [0.1, 0.15) is 47.2 Å². The molecule has 2 aromatic heterocycles. The van der Waals surface area contributed by atoms with Crippen LogP contribution in [0.2, 0.25) is 0 Å². The summed E-state index contributed by atoms with van der Waals surface area (Å²) < 4.78 is 0. The second-order valence-corrected chi connectivity index (χ2v) is 5.83. The van der Waals surface area contributed by atoms with Gasteiger partial charge in [0.2, 0.25) is 0 Å². The first-order chi connectivity index (χ1) is 8.77. The van der Waals surface area contributed by atoms with Crippen molar-refractivity contribution in [2.24, 2.45) is 5.73 Å². The van der Waals surface area contributed by atoms with E-state index in [0.29, 0.717) is 5.92 Å². The van der Waals surface area contributed by atoms with E-state index in [2.05, 4.69) is 28.7 Å². The molecule has 0 saturated carbocycles. The minimum atomic E-state index is 0.0881. The van der Waals surface area contributed by atoms with Gasteiger partial charge in [0.1, 0.15) is 0 Å². The normalized spacial score (nSPS) is 20.4. The monoisotopic (exact) mass is 258 g/mol. The van der Waals surface area contributed by atoms with Gasteiger partial charge in [-0.05, 0) is 59.7 Å². The summed E-state index contributed by atoms with van der Waals surface area (Å²) in [5.41, 5.74) is 11.7. The summed E-state index contributed by atoms with van der Waals surface area (Å²) in [7, 11) is 0. The molecule has 0 aliphatic heterocycles. The van der Waals surface area contributed by atoms with E-state index in [4.69, 9.17) is 5.73 Å². The Hall–Kier alpha value is -1.19. The molecule has 2 N–H and O–H groups in total. The first-order valence-electron chi connectivity index (χ1n) is 6.49. The summed E-state index contributed by atoms with van der Waals surface area (Å²) in [5.74, 6) is 0.378. The highest BCUT2D eigenvalue weighted by Gasteiger charge is 2.28. The zero-order valence-electron chi connectivity index (χ0n) is 10.6. The van der Waals surface area contributed by atoms with Gasteiger partial charge < -0.3 is 5.73 Å². The molecule has 0 saturated heterocycles. The van der Waals surface area contributed by atoms with Crippen LogP contribution < -0.4 is 5.73 Å². The smallest absolute Gasteiger partial charge is 0.0485 e. The third kappa shape index (κ3) is 1.98. The predicted octanol–water partition coefficient (Wildman–Crippen LogP) is 3.57. The molecule has 2 aromatic rings. The number of aromatic nitrogens is 1. The molecule has 0 fully saturated rings. The van der Waals surface area contributed by atoms with Gasteiger partial charge in [0.15, 0.2) is 0 Å². The zero-order valence-corrected chi connectivity index (χ0v) is 11.4. The van der Waals surface area contributed by atoms with Crippen molar-refractivity contribution in [3.63, 3.8) is 0 Å². The Morgan fingerprint density at radius 2 is 2.33 bits per heavy atom. The van der Waals surface area contributed by atoms with Crippen LogP contribution in [0.5, 0.6) is 0 Å². The summed E-state index contributed by atoms with van der Waals surface area (Å²) in [5, 5.41) is 4.37. The lowest BCUT2D eigenvalue weighted by molar-refractivity contribution is 0.462. The molecule has 2 unspecified atom stereocenters. The average Bonchev–Trinajstić information content (AvgIpc) is 2.83. The maximum absolute atomic E-state index is 6.50. The highest BCUT2D eigenvalue weighted by atomic mass is 32.1. The molecular weight excluding hydrogens is 240 g/mol. The molecule has 0 bridgehead atoms. The summed E-state index contributed by atoms with van der Waals surface area (Å²) in [6, 6.07) is 4.31. The summed E-state index contributed by atoms with van der Waals surface area (Å²) in [4.78, 5) is 4.58. The van der Waals surface area contributed by atoms with Crippen LogP contribution in [0.3, 0.4) is 0 Å². The van der Waals surface area contributed by atoms with E-state index in [9.17, 15) is 0 Å². The fourth-order valence-electron chi connectivity index (χ4n) is 2.92. The Labute approximate surface area is 112 Å². The lowest BCUT2D eigenvalue weighted by atomic mass is 9.80. The van der Waals surface area contributed by atoms with Crippen molar-refractivity contribution < 1.29 is 0 Å². The number of hydrogen-bond donors (Lipinski definition) is 1. The molecule has 0 spiro atoms. The Bertz CT molecular complexity index is 547. The molecule has 0 amide bonds. The molecule has 2 nitrogen and oxygen atoms in total. The van der Waals surface area contributed by atoms with Crippen molar-refractivity contribution in [2.45, 2.75) is 38.1 Å². The van der Waals surface area contributed by atoms with Crippen molar-refractivity contribution in [1.82, 2.24) is 4.98 Å². The maximum atomic E-state index is 6.50. The van der Waals surface area contributed by atoms with Gasteiger partial charge in [0.05, 0.1) is 0 Å². The van der Waals surface area contributed by atoms with Gasteiger partial charge in [-0.1, -0.05) is 6.07 Å². The molecule has 1 aliphatic rings. The topological polar surface area (TPSA) is 38.9 Å². The van der Waals surface area contributed by atoms with Gasteiger partial charge in [-0.15, -0.1) is 0 Å². The summed E-state index contributed by atoms with van der Waals surface area (Å²) in [6.07, 6.45) is 5.42. The van der Waals surface area contributed by atoms with Gasteiger partial charge in [0.25, 0.3) is 0 Å². The van der Waals surface area contributed by atoms with Crippen LogP contribution in [0.25, 0.3) is 0 Å². The third-order valence-electron chi connectivity index (χ3n) is 3.93. The van der Waals surface area contributed by atoms with E-state index >= 15 is 0 Å². The van der Waals surface area contributed by atoms with E-state index in [0.717, 1.165) is 12.8 Å². The standard InChI is InChI=1S/C15H18N2S/c1-10-8-18-9-13(10)14(16)12-6-2-4-11-5-3-7-17-15(11)12/h3,5,7-9,12,14H,2,4,6,16H2,1H3. The highest BCUT2D eigenvalue weighted by molar-refractivity contribution is 7.08. The van der Waals surface area contributed by atoms with Crippen LogP contribution in [0, 0.1) is 6.92 Å². The second-order valence-electron chi connectivity index (χ2n) is 5.08. The van der Waals surface area contributed by atoms with Gasteiger partial charge in [-0.3, -0.25) is 4.98 Å². The van der Waals surface area contributed by atoms with Crippen molar-refractivity contribution in [1.29, 1.82) is 0 Å². The Morgan fingerprint density at radius 1 is 1.44 bits per heavy atom. The molecule has 18 heavy (non-hydrogen) atoms. The van der Waals surface area contributed by atoms with E-state index < -0.39 is 0 Å². The molecule has 1 aliphatic carbocycles. The highest BCUT2D eigenvalue weighted by Crippen LogP contribution is 2.39. The van der Waals surface area contributed by atoms with Crippen LogP contribution in [0.4, 0.5) is 0 Å². The number of pyridine rings is 1. The van der Waals surface area contributed by atoms with E-state index in [1.54, 1.807) is 11.3 Å². The average molecular weight is 258 g/mol. The third-order valence-corrected chi connectivity index (χ3v) is 4.81. The number of aryl methyl sites for hydroxylation is 2. The van der Waals surface area contributed by atoms with Crippen LogP contribution in [-0.4, -0.2) is 4.98 Å². The second kappa shape index (κ2) is 4.82. The molecule has 3 heteroatoms.